The molecule has 1 heterocycles. The van der Waals surface area contributed by atoms with Crippen LogP contribution in [0.3, 0.4) is 0 Å². The average Bonchev–Trinajstić information content (AvgIpc) is 3.44. The molecule has 3 aromatic rings. The van der Waals surface area contributed by atoms with E-state index in [1.54, 1.807) is 79.2 Å². The highest BCUT2D eigenvalue weighted by Gasteiger charge is 2.36. The van der Waals surface area contributed by atoms with Crippen LogP contribution in [0, 0.1) is 0 Å². The Bertz CT molecular complexity index is 1240. The number of carbonyl (C=O) groups excluding carboxylic acids is 2. The van der Waals surface area contributed by atoms with E-state index in [0.717, 1.165) is 17.7 Å². The molecule has 0 bridgehead atoms. The zero-order valence-corrected chi connectivity index (χ0v) is 21.1. The molecule has 0 aliphatic rings. The molecule has 37 heavy (non-hydrogen) atoms. The predicted molar refractivity (Wildman–Crippen MR) is 144 cm³/mol. The van der Waals surface area contributed by atoms with Gasteiger partial charge in [0.15, 0.2) is 6.04 Å². The SMILES string of the molecule is C=CCN(C(=O)C(c1cccs1)N(C(=O)/C=C\C(=O)O)c1ccc(CCO)cc1)c1ccc(OC)cc1. The number of carbonyl (C=O) groups is 3. The molecule has 0 fully saturated rings. The highest BCUT2D eigenvalue weighted by Crippen LogP contribution is 2.34. The maximum atomic E-state index is 14.2. The molecule has 2 amide bonds. The van der Waals surface area contributed by atoms with Crippen LogP contribution in [0.2, 0.25) is 0 Å². The topological polar surface area (TPSA) is 107 Å². The van der Waals surface area contributed by atoms with Crippen molar-refractivity contribution in [1.29, 1.82) is 0 Å². The van der Waals surface area contributed by atoms with Gasteiger partial charge in [-0.05, 0) is 59.8 Å². The Hall–Kier alpha value is -4.21. The summed E-state index contributed by atoms with van der Waals surface area (Å²) in [6, 6.07) is 16.3. The van der Waals surface area contributed by atoms with Gasteiger partial charge in [-0.25, -0.2) is 4.79 Å². The summed E-state index contributed by atoms with van der Waals surface area (Å²) in [5.41, 5.74) is 1.84. The largest absolute Gasteiger partial charge is 0.497 e. The number of amides is 2. The molecular formula is C28H28N2O6S. The fourth-order valence-corrected chi connectivity index (χ4v) is 4.55. The number of ether oxygens (including phenoxy) is 1. The standard InChI is InChI=1S/C28H28N2O6S/c1-3-17-29(21-10-12-23(36-2)13-11-21)28(35)27(24-5-4-19-37-24)30(25(32)14-15-26(33)34)22-8-6-20(7-9-22)16-18-31/h3-15,19,27,31H,1,16-18H2,2H3,(H,33,34)/b15-14-. The number of nitrogens with zero attached hydrogens (tertiary/aromatic N) is 2. The van der Waals surface area contributed by atoms with E-state index in [1.807, 2.05) is 0 Å². The van der Waals surface area contributed by atoms with E-state index < -0.39 is 23.8 Å². The van der Waals surface area contributed by atoms with E-state index in [1.165, 1.54) is 21.1 Å². The lowest BCUT2D eigenvalue weighted by molar-refractivity contribution is -0.131. The van der Waals surface area contributed by atoms with E-state index in [9.17, 15) is 19.5 Å². The van der Waals surface area contributed by atoms with E-state index in [2.05, 4.69) is 6.58 Å². The van der Waals surface area contributed by atoms with Crippen LogP contribution in [-0.2, 0) is 20.8 Å². The first kappa shape index (κ1) is 27.4. The van der Waals surface area contributed by atoms with E-state index >= 15 is 0 Å². The normalized spacial score (nSPS) is 11.6. The molecule has 0 aliphatic carbocycles. The summed E-state index contributed by atoms with van der Waals surface area (Å²) in [6.45, 7) is 3.93. The van der Waals surface area contributed by atoms with E-state index in [0.29, 0.717) is 28.4 Å². The number of aliphatic hydroxyl groups is 1. The number of aliphatic carboxylic acids is 1. The summed E-state index contributed by atoms with van der Waals surface area (Å²) in [5.74, 6) is -1.72. The minimum Gasteiger partial charge on any atom is -0.497 e. The van der Waals surface area contributed by atoms with Gasteiger partial charge in [-0.1, -0.05) is 24.3 Å². The molecule has 8 nitrogen and oxygen atoms in total. The summed E-state index contributed by atoms with van der Waals surface area (Å²) in [5, 5.41) is 20.2. The molecule has 192 valence electrons. The van der Waals surface area contributed by atoms with E-state index in [-0.39, 0.29) is 13.2 Å². The molecule has 9 heteroatoms. The summed E-state index contributed by atoms with van der Waals surface area (Å²) in [4.78, 5) is 42.2. The first-order valence-electron chi connectivity index (χ1n) is 11.4. The van der Waals surface area contributed by atoms with Crippen molar-refractivity contribution in [2.24, 2.45) is 0 Å². The van der Waals surface area contributed by atoms with Gasteiger partial charge >= 0.3 is 5.97 Å². The summed E-state index contributed by atoms with van der Waals surface area (Å²) in [7, 11) is 1.55. The second kappa shape index (κ2) is 13.2. The van der Waals surface area contributed by atoms with Crippen LogP contribution in [0.1, 0.15) is 16.5 Å². The lowest BCUT2D eigenvalue weighted by atomic mass is 10.1. The van der Waals surface area contributed by atoms with Gasteiger partial charge < -0.3 is 19.8 Å². The fourth-order valence-electron chi connectivity index (χ4n) is 3.75. The van der Waals surface area contributed by atoms with Crippen molar-refractivity contribution in [3.05, 3.63) is 101 Å². The molecule has 0 spiro atoms. The number of carboxylic acids is 1. The second-order valence-corrected chi connectivity index (χ2v) is 8.85. The molecule has 0 radical (unpaired) electrons. The van der Waals surface area contributed by atoms with Gasteiger partial charge in [-0.15, -0.1) is 17.9 Å². The number of carboxylic acid groups (broad SMARTS) is 1. The van der Waals surface area contributed by atoms with Crippen LogP contribution >= 0.6 is 11.3 Å². The molecular weight excluding hydrogens is 492 g/mol. The highest BCUT2D eigenvalue weighted by atomic mass is 32.1. The highest BCUT2D eigenvalue weighted by molar-refractivity contribution is 7.10. The lowest BCUT2D eigenvalue weighted by Gasteiger charge is -2.34. The Morgan fingerprint density at radius 3 is 2.24 bits per heavy atom. The number of methoxy groups -OCH3 is 1. The summed E-state index contributed by atoms with van der Waals surface area (Å²) < 4.78 is 5.23. The number of thiophene rings is 1. The van der Waals surface area contributed by atoms with Crippen LogP contribution in [0.5, 0.6) is 5.75 Å². The third kappa shape index (κ3) is 6.93. The molecule has 1 atom stereocenters. The molecule has 1 unspecified atom stereocenters. The van der Waals surface area contributed by atoms with Crippen LogP contribution in [0.25, 0.3) is 0 Å². The smallest absolute Gasteiger partial charge is 0.328 e. The lowest BCUT2D eigenvalue weighted by Crippen LogP contribution is -2.45. The minimum absolute atomic E-state index is 0.0297. The zero-order valence-electron chi connectivity index (χ0n) is 20.3. The van der Waals surface area contributed by atoms with Crippen molar-refractivity contribution in [1.82, 2.24) is 0 Å². The van der Waals surface area contributed by atoms with Crippen molar-refractivity contribution < 1.29 is 29.3 Å². The Morgan fingerprint density at radius 1 is 1.03 bits per heavy atom. The van der Waals surface area contributed by atoms with Gasteiger partial charge in [0, 0.05) is 41.6 Å². The Balaban J connectivity index is 2.14. The van der Waals surface area contributed by atoms with Gasteiger partial charge in [0.25, 0.3) is 11.8 Å². The van der Waals surface area contributed by atoms with Crippen LogP contribution in [0.15, 0.2) is 90.9 Å². The molecule has 0 saturated heterocycles. The van der Waals surface area contributed by atoms with Crippen molar-refractivity contribution in [2.75, 3.05) is 30.1 Å². The van der Waals surface area contributed by atoms with Gasteiger partial charge in [0.05, 0.1) is 7.11 Å². The van der Waals surface area contributed by atoms with Crippen molar-refractivity contribution in [3.8, 4) is 5.75 Å². The van der Waals surface area contributed by atoms with Crippen LogP contribution < -0.4 is 14.5 Å². The number of hydrogen-bond donors (Lipinski definition) is 2. The van der Waals surface area contributed by atoms with Crippen LogP contribution in [0.4, 0.5) is 11.4 Å². The number of rotatable bonds is 12. The van der Waals surface area contributed by atoms with Gasteiger partial charge in [-0.2, -0.15) is 0 Å². The fraction of sp³-hybridized carbons (Fsp3) is 0.179. The Kier molecular flexibility index (Phi) is 9.76. The first-order chi connectivity index (χ1) is 17.9. The predicted octanol–water partition coefficient (Wildman–Crippen LogP) is 4.23. The summed E-state index contributed by atoms with van der Waals surface area (Å²) >= 11 is 1.31. The maximum absolute atomic E-state index is 14.2. The summed E-state index contributed by atoms with van der Waals surface area (Å²) in [6.07, 6.45) is 3.71. The molecule has 2 aromatic carbocycles. The minimum atomic E-state index is -1.28. The van der Waals surface area contributed by atoms with Crippen molar-refractivity contribution >= 4 is 40.5 Å². The van der Waals surface area contributed by atoms with Gasteiger partial charge in [0.1, 0.15) is 5.75 Å². The third-order valence-corrected chi connectivity index (χ3v) is 6.41. The molecule has 2 N–H and O–H groups in total. The number of aliphatic hydroxyl groups excluding tert-OH is 1. The zero-order chi connectivity index (χ0) is 26.8. The average molecular weight is 521 g/mol. The Morgan fingerprint density at radius 2 is 1.70 bits per heavy atom. The molecule has 0 aliphatic heterocycles. The van der Waals surface area contributed by atoms with Crippen LogP contribution in [-0.4, -0.2) is 48.3 Å². The molecule has 0 saturated carbocycles. The monoisotopic (exact) mass is 520 g/mol. The number of benzene rings is 2. The quantitative estimate of drug-likeness (QED) is 0.273. The first-order valence-corrected chi connectivity index (χ1v) is 12.3. The van der Waals surface area contributed by atoms with E-state index in [4.69, 9.17) is 9.84 Å². The number of anilines is 2. The Labute approximate surface area is 219 Å². The van der Waals surface area contributed by atoms with Gasteiger partial charge in [-0.3, -0.25) is 14.5 Å². The third-order valence-electron chi connectivity index (χ3n) is 5.49. The van der Waals surface area contributed by atoms with Crippen molar-refractivity contribution in [3.63, 3.8) is 0 Å². The van der Waals surface area contributed by atoms with Crippen molar-refractivity contribution in [2.45, 2.75) is 12.5 Å². The molecule has 1 aromatic heterocycles. The maximum Gasteiger partial charge on any atom is 0.328 e. The van der Waals surface area contributed by atoms with Gasteiger partial charge in [0.2, 0.25) is 0 Å². The second-order valence-electron chi connectivity index (χ2n) is 7.87. The number of hydrogen-bond acceptors (Lipinski definition) is 6. The molecule has 3 rings (SSSR count).